The first-order valence-corrected chi connectivity index (χ1v) is 8.74. The Labute approximate surface area is 158 Å². The molecule has 0 saturated carbocycles. The molecule has 0 aliphatic rings. The molecule has 0 amide bonds. The van der Waals surface area contributed by atoms with E-state index in [2.05, 4.69) is 4.85 Å². The number of nitrogens with zero attached hydrogens (tertiary/aromatic N) is 2. The second-order valence-electron chi connectivity index (χ2n) is 7.06. The molecule has 0 atom stereocenters. The van der Waals surface area contributed by atoms with Gasteiger partial charge in [-0.15, -0.1) is 0 Å². The molecule has 4 heteroatoms. The SMILES string of the molecule is [2H]C(C)(C)c1cc(-c2c(C)ccc3c2oc2cc([N+]#[C-])ccc23)[n+](C)cc1F. The van der Waals surface area contributed by atoms with Gasteiger partial charge in [0.05, 0.1) is 12.1 Å². The van der Waals surface area contributed by atoms with Gasteiger partial charge >= 0.3 is 0 Å². The molecule has 0 radical (unpaired) electrons. The Morgan fingerprint density at radius 1 is 1.19 bits per heavy atom. The van der Waals surface area contributed by atoms with Gasteiger partial charge in [0.2, 0.25) is 11.9 Å². The third kappa shape index (κ3) is 2.67. The predicted octanol–water partition coefficient (Wildman–Crippen LogP) is 6.20. The molecule has 4 aromatic rings. The van der Waals surface area contributed by atoms with Gasteiger partial charge in [0, 0.05) is 23.8 Å². The standard InChI is InChI=1S/C23H20FN2O/c1-13(2)18-11-20(26(5)12-19(18)24)22-14(3)6-8-17-16-9-7-15(25-4)10-21(16)27-23(17)22/h6-13H,1-3,5H3/q+1/i13D. The molecule has 0 fully saturated rings. The summed E-state index contributed by atoms with van der Waals surface area (Å²) in [7, 11) is 1.79. The van der Waals surface area contributed by atoms with Gasteiger partial charge < -0.3 is 4.42 Å². The average Bonchev–Trinajstić information content (AvgIpc) is 2.99. The number of pyridine rings is 1. The van der Waals surface area contributed by atoms with Crippen molar-refractivity contribution in [3.05, 3.63) is 71.0 Å². The van der Waals surface area contributed by atoms with E-state index < -0.39 is 11.7 Å². The Kier molecular flexibility index (Phi) is 3.68. The fourth-order valence-electron chi connectivity index (χ4n) is 3.56. The molecular weight excluding hydrogens is 339 g/mol. The number of aromatic nitrogens is 1. The highest BCUT2D eigenvalue weighted by molar-refractivity contribution is 6.10. The number of aryl methyl sites for hydroxylation is 2. The Hall–Kier alpha value is -3.19. The maximum atomic E-state index is 14.5. The lowest BCUT2D eigenvalue weighted by molar-refractivity contribution is -0.662. The number of rotatable bonds is 2. The van der Waals surface area contributed by atoms with Crippen LogP contribution in [0.3, 0.4) is 0 Å². The number of hydrogen-bond donors (Lipinski definition) is 0. The zero-order valence-corrected chi connectivity index (χ0v) is 15.7. The van der Waals surface area contributed by atoms with E-state index in [0.717, 1.165) is 27.6 Å². The Morgan fingerprint density at radius 2 is 1.93 bits per heavy atom. The molecule has 0 N–H and O–H groups in total. The first-order chi connectivity index (χ1) is 13.2. The predicted molar refractivity (Wildman–Crippen MR) is 105 cm³/mol. The zero-order valence-electron chi connectivity index (χ0n) is 16.7. The van der Waals surface area contributed by atoms with Crippen molar-refractivity contribution >= 4 is 27.6 Å². The molecule has 27 heavy (non-hydrogen) atoms. The summed E-state index contributed by atoms with van der Waals surface area (Å²) in [6.45, 7) is 12.6. The van der Waals surface area contributed by atoms with Gasteiger partial charge in [-0.1, -0.05) is 38.1 Å². The topological polar surface area (TPSA) is 21.4 Å². The lowest BCUT2D eigenvalue weighted by Gasteiger charge is -2.10. The van der Waals surface area contributed by atoms with Gasteiger partial charge in [-0.3, -0.25) is 0 Å². The summed E-state index contributed by atoms with van der Waals surface area (Å²) >= 11 is 0. The molecule has 0 aliphatic carbocycles. The Morgan fingerprint density at radius 3 is 2.63 bits per heavy atom. The monoisotopic (exact) mass is 360 g/mol. The summed E-state index contributed by atoms with van der Waals surface area (Å²) in [5.74, 6) is -1.46. The van der Waals surface area contributed by atoms with Crippen molar-refractivity contribution in [1.29, 1.82) is 0 Å². The van der Waals surface area contributed by atoms with Crippen LogP contribution in [-0.4, -0.2) is 0 Å². The molecular formula is C23H20FN2O+. The number of fused-ring (bicyclic) bond motifs is 3. The van der Waals surface area contributed by atoms with Crippen molar-refractivity contribution in [2.75, 3.05) is 0 Å². The van der Waals surface area contributed by atoms with Crippen molar-refractivity contribution < 1.29 is 14.7 Å². The second kappa shape index (κ2) is 6.21. The van der Waals surface area contributed by atoms with Crippen LogP contribution >= 0.6 is 0 Å². The van der Waals surface area contributed by atoms with Crippen LogP contribution in [0.15, 0.2) is 47.0 Å². The zero-order chi connectivity index (χ0) is 20.2. The average molecular weight is 360 g/mol. The van der Waals surface area contributed by atoms with E-state index in [-0.39, 0.29) is 0 Å². The first-order valence-electron chi connectivity index (χ1n) is 9.24. The minimum Gasteiger partial charge on any atom is -0.456 e. The molecule has 0 spiro atoms. The molecule has 4 rings (SSSR count). The highest BCUT2D eigenvalue weighted by Crippen LogP contribution is 2.38. The Balaban J connectivity index is 2.09. The summed E-state index contributed by atoms with van der Waals surface area (Å²) in [6, 6.07) is 11.2. The van der Waals surface area contributed by atoms with Crippen LogP contribution in [0.2, 0.25) is 0 Å². The number of halogens is 1. The van der Waals surface area contributed by atoms with Gasteiger partial charge in [0.25, 0.3) is 0 Å². The molecule has 2 aromatic carbocycles. The van der Waals surface area contributed by atoms with Crippen molar-refractivity contribution in [2.24, 2.45) is 7.05 Å². The largest absolute Gasteiger partial charge is 0.456 e. The molecule has 0 bridgehead atoms. The molecule has 0 saturated heterocycles. The third-order valence-corrected chi connectivity index (χ3v) is 4.98. The molecule has 0 unspecified atom stereocenters. The first kappa shape index (κ1) is 16.0. The van der Waals surface area contributed by atoms with E-state index in [1.54, 1.807) is 43.7 Å². The van der Waals surface area contributed by atoms with E-state index in [1.807, 2.05) is 25.1 Å². The third-order valence-electron chi connectivity index (χ3n) is 4.98. The van der Waals surface area contributed by atoms with Gasteiger partial charge in [-0.2, -0.15) is 4.57 Å². The lowest BCUT2D eigenvalue weighted by atomic mass is 9.97. The van der Waals surface area contributed by atoms with Crippen LogP contribution in [0.25, 0.3) is 38.0 Å². The van der Waals surface area contributed by atoms with Gasteiger partial charge in [-0.25, -0.2) is 9.24 Å². The van der Waals surface area contributed by atoms with Crippen LogP contribution in [0, 0.1) is 19.3 Å². The number of hydrogen-bond acceptors (Lipinski definition) is 1. The summed E-state index contributed by atoms with van der Waals surface area (Å²) in [6.07, 6.45) is 1.42. The maximum absolute atomic E-state index is 14.5. The fraction of sp³-hybridized carbons (Fsp3) is 0.217. The van der Waals surface area contributed by atoms with E-state index in [0.29, 0.717) is 22.4 Å². The van der Waals surface area contributed by atoms with Crippen molar-refractivity contribution in [2.45, 2.75) is 26.7 Å². The van der Waals surface area contributed by atoms with Crippen LogP contribution in [0.4, 0.5) is 10.1 Å². The Bertz CT molecular complexity index is 1290. The number of benzene rings is 2. The smallest absolute Gasteiger partial charge is 0.216 e. The van der Waals surface area contributed by atoms with Gasteiger partial charge in [-0.05, 0) is 24.4 Å². The van der Waals surface area contributed by atoms with Crippen molar-refractivity contribution in [3.8, 4) is 11.3 Å². The van der Waals surface area contributed by atoms with E-state index >= 15 is 0 Å². The quantitative estimate of drug-likeness (QED) is 0.308. The summed E-state index contributed by atoms with van der Waals surface area (Å²) < 4.78 is 30.7. The normalized spacial score (nSPS) is 12.4. The van der Waals surface area contributed by atoms with Crippen LogP contribution in [0.5, 0.6) is 0 Å². The van der Waals surface area contributed by atoms with Gasteiger partial charge in [0.15, 0.2) is 11.5 Å². The summed E-state index contributed by atoms with van der Waals surface area (Å²) in [4.78, 5) is 3.47. The van der Waals surface area contributed by atoms with Gasteiger partial charge in [0.1, 0.15) is 18.2 Å². The fourth-order valence-corrected chi connectivity index (χ4v) is 3.56. The van der Waals surface area contributed by atoms with Crippen LogP contribution in [0.1, 0.15) is 32.2 Å². The maximum Gasteiger partial charge on any atom is 0.216 e. The second-order valence-corrected chi connectivity index (χ2v) is 7.06. The summed E-state index contributed by atoms with van der Waals surface area (Å²) in [5.41, 5.74) is 4.86. The number of furan rings is 1. The molecule has 0 aliphatic heterocycles. The molecule has 3 nitrogen and oxygen atoms in total. The highest BCUT2D eigenvalue weighted by Gasteiger charge is 2.23. The molecule has 2 aromatic heterocycles. The van der Waals surface area contributed by atoms with E-state index in [9.17, 15) is 4.39 Å². The minimum atomic E-state index is -1.06. The van der Waals surface area contributed by atoms with Crippen LogP contribution in [-0.2, 0) is 7.05 Å². The van der Waals surface area contributed by atoms with Crippen molar-refractivity contribution in [1.82, 2.24) is 0 Å². The lowest BCUT2D eigenvalue weighted by Crippen LogP contribution is -2.32. The van der Waals surface area contributed by atoms with E-state index in [1.165, 1.54) is 6.20 Å². The summed E-state index contributed by atoms with van der Waals surface area (Å²) in [5, 5.41) is 1.89. The highest BCUT2D eigenvalue weighted by atomic mass is 19.1. The van der Waals surface area contributed by atoms with Crippen molar-refractivity contribution in [3.63, 3.8) is 0 Å². The van der Waals surface area contributed by atoms with E-state index in [4.69, 9.17) is 12.4 Å². The van der Waals surface area contributed by atoms with Crippen LogP contribution < -0.4 is 4.57 Å². The minimum absolute atomic E-state index is 0.336. The molecule has 134 valence electrons. The molecule has 2 heterocycles.